The number of carbonyl (C=O) groups excluding carboxylic acids is 1. The number of carbonyl (C=O) groups is 1. The molecule has 0 aromatic heterocycles. The molecule has 0 fully saturated rings. The van der Waals surface area contributed by atoms with Gasteiger partial charge in [-0.1, -0.05) is 0 Å². The lowest BCUT2D eigenvalue weighted by atomic mass is 9.86. The lowest BCUT2D eigenvalue weighted by Gasteiger charge is -2.33. The van der Waals surface area contributed by atoms with E-state index in [0.717, 1.165) is 16.7 Å². The molecule has 1 aliphatic rings. The van der Waals surface area contributed by atoms with Crippen LogP contribution in [0.5, 0.6) is 28.7 Å². The molecule has 3 rings (SSSR count). The highest BCUT2D eigenvalue weighted by atomic mass is 16.5. The van der Waals surface area contributed by atoms with E-state index in [-0.39, 0.29) is 11.5 Å². The summed E-state index contributed by atoms with van der Waals surface area (Å²) in [7, 11) is 5.87. The molecule has 0 spiro atoms. The van der Waals surface area contributed by atoms with Crippen molar-refractivity contribution in [2.75, 3.05) is 28.4 Å². The fourth-order valence-electron chi connectivity index (χ4n) is 3.49. The minimum absolute atomic E-state index is 0.241. The van der Waals surface area contributed by atoms with Gasteiger partial charge in [-0.05, 0) is 47.4 Å². The third-order valence-corrected chi connectivity index (χ3v) is 4.85. The number of phenolic OH excluding ortho intramolecular Hbond substituents is 2. The molecule has 2 atom stereocenters. The molecule has 2 aromatic rings. The zero-order valence-corrected chi connectivity index (χ0v) is 16.1. The summed E-state index contributed by atoms with van der Waals surface area (Å²) in [6.07, 6.45) is 0.316. The van der Waals surface area contributed by atoms with Crippen molar-refractivity contribution >= 4 is 5.97 Å². The first-order valence-electron chi connectivity index (χ1n) is 8.62. The predicted molar refractivity (Wildman–Crippen MR) is 100 cm³/mol. The molecule has 0 aliphatic carbocycles. The average Bonchev–Trinajstić information content (AvgIpc) is 2.72. The maximum Gasteiger partial charge on any atom is 0.323 e. The SMILES string of the molecule is COC(=O)[C@@H]1Cc2cc(O)c(O)cc2[C@H](c2cc(OC)c(OC)c(OC)c2)N1. The van der Waals surface area contributed by atoms with Gasteiger partial charge < -0.3 is 29.2 Å². The Morgan fingerprint density at radius 1 is 0.964 bits per heavy atom. The Labute approximate surface area is 162 Å². The number of ether oxygens (including phenoxy) is 4. The van der Waals surface area contributed by atoms with Crippen molar-refractivity contribution in [2.45, 2.75) is 18.5 Å². The Balaban J connectivity index is 2.17. The first-order valence-corrected chi connectivity index (χ1v) is 8.62. The molecular weight excluding hydrogens is 366 g/mol. The van der Waals surface area contributed by atoms with Gasteiger partial charge in [0.2, 0.25) is 5.75 Å². The van der Waals surface area contributed by atoms with Crippen LogP contribution in [0.4, 0.5) is 0 Å². The number of esters is 1. The van der Waals surface area contributed by atoms with Crippen LogP contribution < -0.4 is 19.5 Å². The van der Waals surface area contributed by atoms with Gasteiger partial charge in [0.05, 0.1) is 34.5 Å². The molecule has 150 valence electrons. The second kappa shape index (κ2) is 7.85. The van der Waals surface area contributed by atoms with Crippen molar-refractivity contribution in [2.24, 2.45) is 0 Å². The van der Waals surface area contributed by atoms with E-state index in [1.807, 2.05) is 0 Å². The van der Waals surface area contributed by atoms with Crippen molar-refractivity contribution in [3.63, 3.8) is 0 Å². The van der Waals surface area contributed by atoms with Crippen LogP contribution in [0.1, 0.15) is 22.7 Å². The number of methoxy groups -OCH3 is 4. The maximum atomic E-state index is 12.2. The van der Waals surface area contributed by atoms with Gasteiger partial charge in [0, 0.05) is 0 Å². The number of benzene rings is 2. The minimum atomic E-state index is -0.620. The minimum Gasteiger partial charge on any atom is -0.504 e. The summed E-state index contributed by atoms with van der Waals surface area (Å²) in [5, 5.41) is 23.2. The van der Waals surface area contributed by atoms with Gasteiger partial charge in [-0.15, -0.1) is 0 Å². The van der Waals surface area contributed by atoms with Crippen molar-refractivity contribution in [1.29, 1.82) is 0 Å². The van der Waals surface area contributed by atoms with E-state index in [2.05, 4.69) is 5.32 Å². The smallest absolute Gasteiger partial charge is 0.323 e. The number of hydrogen-bond donors (Lipinski definition) is 3. The third-order valence-electron chi connectivity index (χ3n) is 4.85. The van der Waals surface area contributed by atoms with E-state index in [9.17, 15) is 15.0 Å². The van der Waals surface area contributed by atoms with Crippen molar-refractivity contribution in [3.05, 3.63) is 41.0 Å². The summed E-state index contributed by atoms with van der Waals surface area (Å²) in [6.45, 7) is 0. The van der Waals surface area contributed by atoms with Crippen LogP contribution in [0, 0.1) is 0 Å². The summed E-state index contributed by atoms with van der Waals surface area (Å²) >= 11 is 0. The second-order valence-corrected chi connectivity index (χ2v) is 6.38. The molecule has 1 heterocycles. The Bertz CT molecular complexity index is 871. The fourth-order valence-corrected chi connectivity index (χ4v) is 3.49. The van der Waals surface area contributed by atoms with Crippen LogP contribution in [-0.4, -0.2) is 50.7 Å². The van der Waals surface area contributed by atoms with Crippen molar-refractivity contribution in [3.8, 4) is 28.7 Å². The first kappa shape index (κ1) is 19.6. The van der Waals surface area contributed by atoms with E-state index in [1.165, 1.54) is 40.6 Å². The topological polar surface area (TPSA) is 106 Å². The Morgan fingerprint density at radius 2 is 1.57 bits per heavy atom. The highest BCUT2D eigenvalue weighted by Crippen LogP contribution is 2.43. The molecule has 8 heteroatoms. The summed E-state index contributed by atoms with van der Waals surface area (Å²) in [5.74, 6) is 0.465. The normalized spacial score (nSPS) is 18.1. The lowest BCUT2D eigenvalue weighted by molar-refractivity contribution is -0.143. The van der Waals surface area contributed by atoms with Crippen molar-refractivity contribution < 1.29 is 34.0 Å². The van der Waals surface area contributed by atoms with Gasteiger partial charge in [0.15, 0.2) is 23.0 Å². The molecule has 8 nitrogen and oxygen atoms in total. The number of nitrogens with one attached hydrogen (secondary N) is 1. The number of aromatic hydroxyl groups is 2. The summed E-state index contributed by atoms with van der Waals surface area (Å²) in [6, 6.07) is 5.39. The molecule has 1 aliphatic heterocycles. The van der Waals surface area contributed by atoms with Crippen LogP contribution in [0.2, 0.25) is 0 Å². The maximum absolute atomic E-state index is 12.2. The number of phenols is 2. The van der Waals surface area contributed by atoms with Gasteiger partial charge in [0.25, 0.3) is 0 Å². The fraction of sp³-hybridized carbons (Fsp3) is 0.350. The van der Waals surface area contributed by atoms with Crippen LogP contribution >= 0.6 is 0 Å². The monoisotopic (exact) mass is 389 g/mol. The first-order chi connectivity index (χ1) is 13.4. The van der Waals surface area contributed by atoms with Gasteiger partial charge in [-0.3, -0.25) is 10.1 Å². The molecule has 0 radical (unpaired) electrons. The highest BCUT2D eigenvalue weighted by molar-refractivity contribution is 5.77. The van der Waals surface area contributed by atoms with E-state index in [0.29, 0.717) is 23.7 Å². The number of fused-ring (bicyclic) bond motifs is 1. The zero-order chi connectivity index (χ0) is 20.4. The molecule has 0 saturated heterocycles. The largest absolute Gasteiger partial charge is 0.504 e. The van der Waals surface area contributed by atoms with E-state index in [4.69, 9.17) is 18.9 Å². The number of hydrogen-bond acceptors (Lipinski definition) is 8. The molecule has 0 unspecified atom stereocenters. The second-order valence-electron chi connectivity index (χ2n) is 6.38. The van der Waals surface area contributed by atoms with Gasteiger partial charge >= 0.3 is 5.97 Å². The lowest BCUT2D eigenvalue weighted by Crippen LogP contribution is -2.45. The summed E-state index contributed by atoms with van der Waals surface area (Å²) in [5.41, 5.74) is 2.18. The molecule has 0 bridgehead atoms. The quantitative estimate of drug-likeness (QED) is 0.526. The van der Waals surface area contributed by atoms with Gasteiger partial charge in [-0.2, -0.15) is 0 Å². The van der Waals surface area contributed by atoms with E-state index in [1.54, 1.807) is 12.1 Å². The molecule has 0 amide bonds. The Morgan fingerprint density at radius 3 is 2.11 bits per heavy atom. The Kier molecular flexibility index (Phi) is 5.51. The Hall–Kier alpha value is -3.13. The molecule has 3 N–H and O–H groups in total. The standard InChI is InChI=1S/C20H23NO7/c1-25-16-7-11(8-17(26-2)19(16)27-3)18-12-9-15(23)14(22)6-10(12)5-13(21-18)20(24)28-4/h6-9,13,18,21-23H,5H2,1-4H3/t13-,18-/m0/s1. The van der Waals surface area contributed by atoms with Crippen LogP contribution in [0.3, 0.4) is 0 Å². The summed E-state index contributed by atoms with van der Waals surface area (Å²) in [4.78, 5) is 12.2. The third kappa shape index (κ3) is 3.38. The van der Waals surface area contributed by atoms with E-state index < -0.39 is 18.1 Å². The molecular formula is C20H23NO7. The molecule has 0 saturated carbocycles. The average molecular weight is 389 g/mol. The molecule has 28 heavy (non-hydrogen) atoms. The van der Waals surface area contributed by atoms with Crippen LogP contribution in [0.25, 0.3) is 0 Å². The van der Waals surface area contributed by atoms with Gasteiger partial charge in [0.1, 0.15) is 6.04 Å². The van der Waals surface area contributed by atoms with Crippen LogP contribution in [0.15, 0.2) is 24.3 Å². The van der Waals surface area contributed by atoms with Crippen molar-refractivity contribution in [1.82, 2.24) is 5.32 Å². The zero-order valence-electron chi connectivity index (χ0n) is 16.1. The van der Waals surface area contributed by atoms with Crippen LogP contribution in [-0.2, 0) is 16.0 Å². The molecule has 2 aromatic carbocycles. The van der Waals surface area contributed by atoms with E-state index >= 15 is 0 Å². The predicted octanol–water partition coefficient (Wildman–Crippen LogP) is 1.90. The summed E-state index contributed by atoms with van der Waals surface area (Å²) < 4.78 is 21.1. The number of rotatable bonds is 5. The van der Waals surface area contributed by atoms with Gasteiger partial charge in [-0.25, -0.2) is 0 Å². The highest BCUT2D eigenvalue weighted by Gasteiger charge is 2.34.